The number of aromatic amines is 1. The van der Waals surface area contributed by atoms with Gasteiger partial charge in [0.25, 0.3) is 5.91 Å². The van der Waals surface area contributed by atoms with Crippen LogP contribution in [0.25, 0.3) is 11.4 Å². The molecule has 2 saturated heterocycles. The maximum absolute atomic E-state index is 13.0. The Morgan fingerprint density at radius 1 is 1.19 bits per heavy atom. The Labute approximate surface area is 156 Å². The number of rotatable bonds is 2. The van der Waals surface area contributed by atoms with Crippen molar-refractivity contribution in [2.24, 2.45) is 0 Å². The van der Waals surface area contributed by atoms with Gasteiger partial charge >= 0.3 is 0 Å². The molecule has 4 rings (SSSR count). The first-order valence-electron chi connectivity index (χ1n) is 8.91. The van der Waals surface area contributed by atoms with Gasteiger partial charge in [-0.05, 0) is 6.92 Å². The Kier molecular flexibility index (Phi) is 4.18. The third kappa shape index (κ3) is 2.97. The number of amides is 3. The van der Waals surface area contributed by atoms with E-state index in [1.807, 2.05) is 37.3 Å². The fourth-order valence-corrected chi connectivity index (χ4v) is 3.65. The van der Waals surface area contributed by atoms with E-state index in [1.165, 1.54) is 4.90 Å². The summed E-state index contributed by atoms with van der Waals surface area (Å²) in [4.78, 5) is 49.9. The highest BCUT2D eigenvalue weighted by atomic mass is 16.2. The van der Waals surface area contributed by atoms with Gasteiger partial charge in [0.1, 0.15) is 17.6 Å². The van der Waals surface area contributed by atoms with Gasteiger partial charge in [0, 0.05) is 31.4 Å². The van der Waals surface area contributed by atoms with E-state index in [4.69, 9.17) is 0 Å². The largest absolute Gasteiger partial charge is 0.341 e. The standard InChI is InChI=1S/C19H21N5O3/c1-12-16(21-17(20-12)13-6-4-3-5-7-13)19(27)23-8-9-24-14(10-23)18(26)22(2)11-15(24)25/h3-7,14H,8-11H2,1-2H3,(H,20,21)/t14-/m0/s1. The molecule has 0 spiro atoms. The number of nitrogens with one attached hydrogen (secondary N) is 1. The molecule has 3 amide bonds. The van der Waals surface area contributed by atoms with Gasteiger partial charge in [-0.25, -0.2) is 4.98 Å². The predicted molar refractivity (Wildman–Crippen MR) is 97.8 cm³/mol. The van der Waals surface area contributed by atoms with Crippen molar-refractivity contribution >= 4 is 17.7 Å². The number of hydrogen-bond donors (Lipinski definition) is 1. The van der Waals surface area contributed by atoms with Crippen LogP contribution in [-0.2, 0) is 9.59 Å². The Hall–Kier alpha value is -3.16. The van der Waals surface area contributed by atoms with Gasteiger partial charge in [0.05, 0.1) is 13.1 Å². The van der Waals surface area contributed by atoms with E-state index >= 15 is 0 Å². The zero-order chi connectivity index (χ0) is 19.1. The van der Waals surface area contributed by atoms with Crippen LogP contribution in [0.4, 0.5) is 0 Å². The number of imidazole rings is 1. The molecule has 3 heterocycles. The number of fused-ring (bicyclic) bond motifs is 1. The number of nitrogens with zero attached hydrogens (tertiary/aromatic N) is 4. The summed E-state index contributed by atoms with van der Waals surface area (Å²) < 4.78 is 0. The van der Waals surface area contributed by atoms with E-state index in [1.54, 1.807) is 16.8 Å². The monoisotopic (exact) mass is 367 g/mol. The third-order valence-corrected chi connectivity index (χ3v) is 5.16. The lowest BCUT2D eigenvalue weighted by Crippen LogP contribution is -2.66. The molecule has 2 aromatic rings. The summed E-state index contributed by atoms with van der Waals surface area (Å²) in [7, 11) is 1.61. The van der Waals surface area contributed by atoms with Crippen LogP contribution >= 0.6 is 0 Å². The van der Waals surface area contributed by atoms with Gasteiger partial charge in [-0.15, -0.1) is 0 Å². The molecular weight excluding hydrogens is 346 g/mol. The molecule has 1 aromatic heterocycles. The maximum atomic E-state index is 13.0. The molecule has 2 aliphatic rings. The molecule has 2 fully saturated rings. The molecule has 1 aromatic carbocycles. The minimum absolute atomic E-state index is 0.0727. The first kappa shape index (κ1) is 17.3. The van der Waals surface area contributed by atoms with E-state index in [0.717, 1.165) is 5.56 Å². The van der Waals surface area contributed by atoms with E-state index < -0.39 is 6.04 Å². The van der Waals surface area contributed by atoms with Crippen LogP contribution < -0.4 is 0 Å². The quantitative estimate of drug-likeness (QED) is 0.838. The molecule has 0 unspecified atom stereocenters. The lowest BCUT2D eigenvalue weighted by atomic mass is 10.1. The van der Waals surface area contributed by atoms with Crippen molar-refractivity contribution < 1.29 is 14.4 Å². The summed E-state index contributed by atoms with van der Waals surface area (Å²) in [6, 6.07) is 8.99. The van der Waals surface area contributed by atoms with Crippen molar-refractivity contribution in [3.63, 3.8) is 0 Å². The van der Waals surface area contributed by atoms with E-state index in [2.05, 4.69) is 9.97 Å². The second-order valence-electron chi connectivity index (χ2n) is 6.97. The van der Waals surface area contributed by atoms with Crippen molar-refractivity contribution in [2.75, 3.05) is 33.2 Å². The van der Waals surface area contributed by atoms with Gasteiger partial charge < -0.3 is 19.7 Å². The van der Waals surface area contributed by atoms with Gasteiger partial charge in [0.2, 0.25) is 11.8 Å². The molecule has 27 heavy (non-hydrogen) atoms. The topological polar surface area (TPSA) is 89.6 Å². The van der Waals surface area contributed by atoms with Crippen LogP contribution in [0.3, 0.4) is 0 Å². The summed E-state index contributed by atoms with van der Waals surface area (Å²) in [6.45, 7) is 2.86. The second kappa shape index (κ2) is 6.53. The summed E-state index contributed by atoms with van der Waals surface area (Å²) in [5.41, 5.74) is 1.94. The average molecular weight is 367 g/mol. The van der Waals surface area contributed by atoms with Crippen LogP contribution in [0.1, 0.15) is 16.2 Å². The Morgan fingerprint density at radius 3 is 2.67 bits per heavy atom. The van der Waals surface area contributed by atoms with Crippen molar-refractivity contribution in [1.82, 2.24) is 24.7 Å². The molecule has 0 saturated carbocycles. The van der Waals surface area contributed by atoms with Crippen LogP contribution in [0.15, 0.2) is 30.3 Å². The highest BCUT2D eigenvalue weighted by Crippen LogP contribution is 2.22. The highest BCUT2D eigenvalue weighted by molar-refractivity contribution is 5.97. The molecule has 1 atom stereocenters. The minimum Gasteiger partial charge on any atom is -0.341 e. The van der Waals surface area contributed by atoms with Crippen molar-refractivity contribution in [3.8, 4) is 11.4 Å². The van der Waals surface area contributed by atoms with Crippen molar-refractivity contribution in [2.45, 2.75) is 13.0 Å². The van der Waals surface area contributed by atoms with E-state index in [-0.39, 0.29) is 30.8 Å². The number of aromatic nitrogens is 2. The van der Waals surface area contributed by atoms with Gasteiger partial charge in [-0.3, -0.25) is 14.4 Å². The number of carbonyl (C=O) groups excluding carboxylic acids is 3. The van der Waals surface area contributed by atoms with Crippen molar-refractivity contribution in [1.29, 1.82) is 0 Å². The van der Waals surface area contributed by atoms with E-state index in [0.29, 0.717) is 30.3 Å². The first-order valence-corrected chi connectivity index (χ1v) is 8.91. The van der Waals surface area contributed by atoms with Crippen LogP contribution in [0.2, 0.25) is 0 Å². The number of carbonyl (C=O) groups is 3. The van der Waals surface area contributed by atoms with Crippen LogP contribution in [-0.4, -0.2) is 81.7 Å². The number of piperazine rings is 2. The molecule has 8 heteroatoms. The number of benzene rings is 1. The molecule has 2 aliphatic heterocycles. The lowest BCUT2D eigenvalue weighted by molar-refractivity contribution is -0.157. The molecule has 0 bridgehead atoms. The number of hydrogen-bond acceptors (Lipinski definition) is 4. The Bertz CT molecular complexity index is 907. The zero-order valence-electron chi connectivity index (χ0n) is 15.3. The average Bonchev–Trinajstić information content (AvgIpc) is 3.07. The summed E-state index contributed by atoms with van der Waals surface area (Å²) >= 11 is 0. The van der Waals surface area contributed by atoms with Gasteiger partial charge in [0.15, 0.2) is 0 Å². The van der Waals surface area contributed by atoms with Crippen LogP contribution in [0, 0.1) is 6.92 Å². The third-order valence-electron chi connectivity index (χ3n) is 5.16. The summed E-state index contributed by atoms with van der Waals surface area (Å²) in [6.07, 6.45) is 0. The number of likely N-dealkylation sites (N-methyl/N-ethyl adjacent to an activating group) is 1. The van der Waals surface area contributed by atoms with Gasteiger partial charge in [-0.1, -0.05) is 30.3 Å². The Balaban J connectivity index is 1.56. The first-order chi connectivity index (χ1) is 13.0. The normalized spacial score (nSPS) is 20.1. The zero-order valence-corrected chi connectivity index (χ0v) is 15.3. The molecular formula is C19H21N5O3. The molecule has 0 radical (unpaired) electrons. The second-order valence-corrected chi connectivity index (χ2v) is 6.97. The van der Waals surface area contributed by atoms with Crippen LogP contribution in [0.5, 0.6) is 0 Å². The SMILES string of the molecule is Cc1[nH]c(-c2ccccc2)nc1C(=O)N1CCN2C(=O)CN(C)C(=O)[C@@H]2C1. The fraction of sp³-hybridized carbons (Fsp3) is 0.368. The summed E-state index contributed by atoms with van der Waals surface area (Å²) in [5.74, 6) is 0.213. The van der Waals surface area contributed by atoms with Crippen molar-refractivity contribution in [3.05, 3.63) is 41.7 Å². The lowest BCUT2D eigenvalue weighted by Gasteiger charge is -2.45. The number of H-pyrrole nitrogens is 1. The number of aryl methyl sites for hydroxylation is 1. The molecule has 8 nitrogen and oxygen atoms in total. The van der Waals surface area contributed by atoms with E-state index in [9.17, 15) is 14.4 Å². The molecule has 0 aliphatic carbocycles. The fourth-order valence-electron chi connectivity index (χ4n) is 3.65. The maximum Gasteiger partial charge on any atom is 0.274 e. The smallest absolute Gasteiger partial charge is 0.274 e. The predicted octanol–water partition coefficient (Wildman–Crippen LogP) is 0.510. The van der Waals surface area contributed by atoms with Gasteiger partial charge in [-0.2, -0.15) is 0 Å². The highest BCUT2D eigenvalue weighted by Gasteiger charge is 2.42. The molecule has 140 valence electrons. The summed E-state index contributed by atoms with van der Waals surface area (Å²) in [5, 5.41) is 0. The molecule has 1 N–H and O–H groups in total. The minimum atomic E-state index is -0.609. The Morgan fingerprint density at radius 2 is 1.93 bits per heavy atom.